The number of nitrogens with one attached hydrogen (secondary N) is 1. The Kier molecular flexibility index (Phi) is 5.21. The summed E-state index contributed by atoms with van der Waals surface area (Å²) in [7, 11) is 1.65. The second kappa shape index (κ2) is 7.14. The van der Waals surface area contributed by atoms with E-state index >= 15 is 0 Å². The minimum Gasteiger partial charge on any atom is -0.497 e. The zero-order chi connectivity index (χ0) is 13.5. The molecule has 1 fully saturated rings. The minimum absolute atomic E-state index is 0.120. The predicted molar refractivity (Wildman–Crippen MR) is 73.3 cm³/mol. The molecule has 1 aromatic carbocycles. The highest BCUT2D eigenvalue weighted by Crippen LogP contribution is 2.14. The highest BCUT2D eigenvalue weighted by Gasteiger charge is 2.15. The molecule has 0 atom stereocenters. The largest absolute Gasteiger partial charge is 0.497 e. The summed E-state index contributed by atoms with van der Waals surface area (Å²) >= 11 is 0. The number of carbonyl (C=O) groups is 1. The number of amides is 1. The lowest BCUT2D eigenvalue weighted by atomic mass is 10.1. The molecular weight excluding hydrogens is 242 g/mol. The number of ether oxygens (including phenoxy) is 2. The van der Waals surface area contributed by atoms with E-state index in [-0.39, 0.29) is 11.9 Å². The van der Waals surface area contributed by atoms with Gasteiger partial charge >= 0.3 is 0 Å². The molecule has 1 amide bonds. The SMILES string of the molecule is COc1cccc(CCC(=O)NC2CCOCC2)c1. The average molecular weight is 263 g/mol. The van der Waals surface area contributed by atoms with Crippen molar-refractivity contribution >= 4 is 5.91 Å². The van der Waals surface area contributed by atoms with Crippen molar-refractivity contribution in [2.75, 3.05) is 20.3 Å². The van der Waals surface area contributed by atoms with Crippen LogP contribution in [0.5, 0.6) is 5.75 Å². The maximum Gasteiger partial charge on any atom is 0.220 e. The molecule has 1 saturated heterocycles. The van der Waals surface area contributed by atoms with Gasteiger partial charge in [0, 0.05) is 25.7 Å². The van der Waals surface area contributed by atoms with Crippen LogP contribution in [-0.4, -0.2) is 32.3 Å². The first-order chi connectivity index (χ1) is 9.28. The number of hydrogen-bond donors (Lipinski definition) is 1. The van der Waals surface area contributed by atoms with Gasteiger partial charge in [0.05, 0.1) is 7.11 Å². The van der Waals surface area contributed by atoms with Crippen molar-refractivity contribution in [1.29, 1.82) is 0 Å². The first-order valence-corrected chi connectivity index (χ1v) is 6.78. The van der Waals surface area contributed by atoms with Gasteiger partial charge in [-0.2, -0.15) is 0 Å². The molecule has 0 aliphatic carbocycles. The second-order valence-corrected chi connectivity index (χ2v) is 4.81. The Hall–Kier alpha value is -1.55. The Morgan fingerprint density at radius 1 is 1.42 bits per heavy atom. The number of carbonyl (C=O) groups excluding carboxylic acids is 1. The molecule has 1 N–H and O–H groups in total. The van der Waals surface area contributed by atoms with Crippen molar-refractivity contribution < 1.29 is 14.3 Å². The summed E-state index contributed by atoms with van der Waals surface area (Å²) in [4.78, 5) is 11.9. The molecule has 1 aliphatic heterocycles. The normalized spacial score (nSPS) is 16.1. The van der Waals surface area contributed by atoms with Crippen LogP contribution < -0.4 is 10.1 Å². The maximum absolute atomic E-state index is 11.9. The Morgan fingerprint density at radius 3 is 2.95 bits per heavy atom. The van der Waals surface area contributed by atoms with Crippen molar-refractivity contribution in [3.8, 4) is 5.75 Å². The Bertz CT molecular complexity index is 414. The number of rotatable bonds is 5. The van der Waals surface area contributed by atoms with Gasteiger partial charge in [0.2, 0.25) is 5.91 Å². The molecule has 1 aliphatic rings. The summed E-state index contributed by atoms with van der Waals surface area (Å²) in [5, 5.41) is 3.07. The Labute approximate surface area is 114 Å². The number of hydrogen-bond acceptors (Lipinski definition) is 3. The summed E-state index contributed by atoms with van der Waals surface area (Å²) in [6.07, 6.45) is 3.10. The van der Waals surface area contributed by atoms with E-state index in [1.54, 1.807) is 7.11 Å². The number of aryl methyl sites for hydroxylation is 1. The number of methoxy groups -OCH3 is 1. The van der Waals surface area contributed by atoms with Gasteiger partial charge in [0.1, 0.15) is 5.75 Å². The summed E-state index contributed by atoms with van der Waals surface area (Å²) in [6.45, 7) is 1.50. The first kappa shape index (κ1) is 13.9. The molecule has 4 heteroatoms. The van der Waals surface area contributed by atoms with Crippen LogP contribution in [0.15, 0.2) is 24.3 Å². The third-order valence-electron chi connectivity index (χ3n) is 3.36. The van der Waals surface area contributed by atoms with Crippen LogP contribution >= 0.6 is 0 Å². The van der Waals surface area contributed by atoms with Gasteiger partial charge in [-0.05, 0) is 37.0 Å². The zero-order valence-corrected chi connectivity index (χ0v) is 11.4. The molecule has 0 aromatic heterocycles. The van der Waals surface area contributed by atoms with Crippen molar-refractivity contribution in [3.05, 3.63) is 29.8 Å². The lowest BCUT2D eigenvalue weighted by Crippen LogP contribution is -2.38. The average Bonchev–Trinajstić information content (AvgIpc) is 2.46. The van der Waals surface area contributed by atoms with Crippen molar-refractivity contribution in [2.24, 2.45) is 0 Å². The van der Waals surface area contributed by atoms with E-state index in [9.17, 15) is 4.79 Å². The minimum atomic E-state index is 0.120. The Balaban J connectivity index is 1.76. The quantitative estimate of drug-likeness (QED) is 0.883. The molecule has 19 heavy (non-hydrogen) atoms. The fraction of sp³-hybridized carbons (Fsp3) is 0.533. The van der Waals surface area contributed by atoms with E-state index in [1.165, 1.54) is 0 Å². The van der Waals surface area contributed by atoms with E-state index in [4.69, 9.17) is 9.47 Å². The summed E-state index contributed by atoms with van der Waals surface area (Å²) in [6, 6.07) is 8.13. The molecule has 0 spiro atoms. The van der Waals surface area contributed by atoms with Crippen LogP contribution in [0, 0.1) is 0 Å². The Morgan fingerprint density at radius 2 is 2.21 bits per heavy atom. The third-order valence-corrected chi connectivity index (χ3v) is 3.36. The lowest BCUT2D eigenvalue weighted by molar-refractivity contribution is -0.122. The highest BCUT2D eigenvalue weighted by molar-refractivity contribution is 5.76. The van der Waals surface area contributed by atoms with Crippen LogP contribution in [-0.2, 0) is 16.0 Å². The van der Waals surface area contributed by atoms with Crippen LogP contribution in [0.3, 0.4) is 0 Å². The molecule has 0 saturated carbocycles. The molecule has 0 radical (unpaired) electrons. The van der Waals surface area contributed by atoms with Crippen LogP contribution in [0.2, 0.25) is 0 Å². The monoisotopic (exact) mass is 263 g/mol. The predicted octanol–water partition coefficient (Wildman–Crippen LogP) is 1.92. The van der Waals surface area contributed by atoms with Crippen LogP contribution in [0.1, 0.15) is 24.8 Å². The van der Waals surface area contributed by atoms with E-state index < -0.39 is 0 Å². The molecular formula is C15H21NO3. The van der Waals surface area contributed by atoms with Crippen molar-refractivity contribution in [3.63, 3.8) is 0 Å². The van der Waals surface area contributed by atoms with Gasteiger partial charge in [-0.15, -0.1) is 0 Å². The van der Waals surface area contributed by atoms with Gasteiger partial charge in [0.25, 0.3) is 0 Å². The molecule has 0 bridgehead atoms. The maximum atomic E-state index is 11.9. The highest BCUT2D eigenvalue weighted by atomic mass is 16.5. The number of benzene rings is 1. The van der Waals surface area contributed by atoms with Crippen molar-refractivity contribution in [2.45, 2.75) is 31.7 Å². The molecule has 104 valence electrons. The zero-order valence-electron chi connectivity index (χ0n) is 11.4. The van der Waals surface area contributed by atoms with Crippen LogP contribution in [0.4, 0.5) is 0 Å². The van der Waals surface area contributed by atoms with E-state index in [0.29, 0.717) is 6.42 Å². The van der Waals surface area contributed by atoms with E-state index in [2.05, 4.69) is 5.32 Å². The summed E-state index contributed by atoms with van der Waals surface area (Å²) in [5.41, 5.74) is 1.13. The third kappa shape index (κ3) is 4.56. The molecule has 1 heterocycles. The molecule has 2 rings (SSSR count). The van der Waals surface area contributed by atoms with Gasteiger partial charge < -0.3 is 14.8 Å². The van der Waals surface area contributed by atoms with Crippen LogP contribution in [0.25, 0.3) is 0 Å². The fourth-order valence-corrected chi connectivity index (χ4v) is 2.23. The first-order valence-electron chi connectivity index (χ1n) is 6.78. The fourth-order valence-electron chi connectivity index (χ4n) is 2.23. The standard InChI is InChI=1S/C15H21NO3/c1-18-14-4-2-3-12(11-14)5-6-15(17)16-13-7-9-19-10-8-13/h2-4,11,13H,5-10H2,1H3,(H,16,17). The van der Waals surface area contributed by atoms with E-state index in [0.717, 1.165) is 43.8 Å². The molecule has 4 nitrogen and oxygen atoms in total. The van der Waals surface area contributed by atoms with Gasteiger partial charge in [-0.25, -0.2) is 0 Å². The second-order valence-electron chi connectivity index (χ2n) is 4.81. The lowest BCUT2D eigenvalue weighted by Gasteiger charge is -2.23. The summed E-state index contributed by atoms with van der Waals surface area (Å²) in [5.74, 6) is 0.956. The topological polar surface area (TPSA) is 47.6 Å². The summed E-state index contributed by atoms with van der Waals surface area (Å²) < 4.78 is 10.4. The van der Waals surface area contributed by atoms with E-state index in [1.807, 2.05) is 24.3 Å². The van der Waals surface area contributed by atoms with Gasteiger partial charge in [-0.3, -0.25) is 4.79 Å². The van der Waals surface area contributed by atoms with Crippen molar-refractivity contribution in [1.82, 2.24) is 5.32 Å². The molecule has 0 unspecified atom stereocenters. The van der Waals surface area contributed by atoms with Gasteiger partial charge in [0.15, 0.2) is 0 Å². The molecule has 1 aromatic rings. The smallest absolute Gasteiger partial charge is 0.220 e. The van der Waals surface area contributed by atoms with Gasteiger partial charge in [-0.1, -0.05) is 12.1 Å².